The number of hydrogen-bond donors (Lipinski definition) is 1. The Bertz CT molecular complexity index is 383. The molecule has 23 heavy (non-hydrogen) atoms. The van der Waals surface area contributed by atoms with E-state index in [-0.39, 0.29) is 23.9 Å². The summed E-state index contributed by atoms with van der Waals surface area (Å²) in [7, 11) is 0. The fourth-order valence-electron chi connectivity index (χ4n) is 1.15. The smallest absolute Gasteiger partial charge is 0.300 e. The van der Waals surface area contributed by atoms with Crippen molar-refractivity contribution >= 4 is 29.9 Å². The van der Waals surface area contributed by atoms with E-state index in [0.717, 1.165) is 6.92 Å². The van der Waals surface area contributed by atoms with Crippen LogP contribution in [0.2, 0.25) is 0 Å². The monoisotopic (exact) mass is 414 g/mol. The van der Waals surface area contributed by atoms with Gasteiger partial charge in [-0.15, -0.1) is 0 Å². The number of carboxylic acid groups (broad SMARTS) is 1. The van der Waals surface area contributed by atoms with Crippen molar-refractivity contribution in [3.8, 4) is 0 Å². The minimum absolute atomic E-state index is 0. The van der Waals surface area contributed by atoms with Crippen LogP contribution in [0.15, 0.2) is 109 Å². The summed E-state index contributed by atoms with van der Waals surface area (Å²) in [4.78, 5) is 9.00. The molecule has 3 rings (SSSR count). The van der Waals surface area contributed by atoms with E-state index in [1.165, 1.54) is 0 Å². The van der Waals surface area contributed by atoms with Gasteiger partial charge in [0.1, 0.15) is 0 Å². The molecule has 0 amide bonds. The molecule has 0 saturated heterocycles. The van der Waals surface area contributed by atoms with E-state index in [2.05, 4.69) is 0 Å². The Morgan fingerprint density at radius 2 is 0.522 bits per heavy atom. The van der Waals surface area contributed by atoms with Gasteiger partial charge in [-0.1, -0.05) is 109 Å². The summed E-state index contributed by atoms with van der Waals surface area (Å²) in [6.07, 6.45) is 0. The van der Waals surface area contributed by atoms with Gasteiger partial charge in [0.05, 0.1) is 0 Å². The van der Waals surface area contributed by atoms with E-state index >= 15 is 0 Å². The first-order valence-electron chi connectivity index (χ1n) is 6.93. The molecule has 3 aromatic carbocycles. The second-order valence-electron chi connectivity index (χ2n) is 3.98. The van der Waals surface area contributed by atoms with Gasteiger partial charge in [-0.3, -0.25) is 4.79 Å². The molecule has 1 N–H and O–H groups in total. The second kappa shape index (κ2) is 19.9. The Morgan fingerprint density at radius 1 is 0.478 bits per heavy atom. The summed E-state index contributed by atoms with van der Waals surface area (Å²) in [5.74, 6) is -0.833. The van der Waals surface area contributed by atoms with E-state index in [9.17, 15) is 0 Å². The number of rotatable bonds is 0. The zero-order valence-electron chi connectivity index (χ0n) is 13.2. The Morgan fingerprint density at radius 3 is 0.565 bits per heavy atom. The van der Waals surface area contributed by atoms with Crippen molar-refractivity contribution in [1.82, 2.24) is 0 Å². The van der Waals surface area contributed by atoms with Crippen LogP contribution in [0.4, 0.5) is 0 Å². The van der Waals surface area contributed by atoms with Crippen LogP contribution < -0.4 is 0 Å². The molecule has 0 aromatic heterocycles. The minimum atomic E-state index is -0.833. The van der Waals surface area contributed by atoms with Crippen LogP contribution in [0.5, 0.6) is 0 Å². The molecule has 3 aromatic rings. The largest absolute Gasteiger partial charge is 0.481 e. The van der Waals surface area contributed by atoms with Crippen LogP contribution in [0.25, 0.3) is 0 Å². The predicted molar refractivity (Wildman–Crippen MR) is 98.4 cm³/mol. The molecule has 0 spiro atoms. The van der Waals surface area contributed by atoms with Gasteiger partial charge >= 0.3 is 0 Å². The molecule has 0 atom stereocenters. The number of carbonyl (C=O) groups is 1. The third-order valence-corrected chi connectivity index (χ3v) is 2.00. The van der Waals surface area contributed by atoms with Crippen molar-refractivity contribution in [2.24, 2.45) is 0 Å². The molecule has 0 aliphatic rings. The second-order valence-corrected chi connectivity index (χ2v) is 3.98. The van der Waals surface area contributed by atoms with E-state index in [4.69, 9.17) is 9.90 Å². The van der Waals surface area contributed by atoms with Crippen LogP contribution in [-0.2, 0) is 4.79 Å². The van der Waals surface area contributed by atoms with Gasteiger partial charge in [-0.25, -0.2) is 0 Å². The molecule has 0 fully saturated rings. The molecule has 0 unspecified atom stereocenters. The summed E-state index contributed by atoms with van der Waals surface area (Å²) >= 11 is 0. The van der Waals surface area contributed by atoms with Crippen LogP contribution >= 0.6 is 0 Å². The van der Waals surface area contributed by atoms with Crippen molar-refractivity contribution in [1.29, 1.82) is 0 Å². The van der Waals surface area contributed by atoms with Gasteiger partial charge in [0, 0.05) is 30.8 Å². The van der Waals surface area contributed by atoms with Crippen LogP contribution in [0, 0.1) is 0 Å². The van der Waals surface area contributed by atoms with Crippen molar-refractivity contribution in [3.63, 3.8) is 0 Å². The van der Waals surface area contributed by atoms with E-state index in [0.29, 0.717) is 0 Å². The third kappa shape index (κ3) is 25.2. The van der Waals surface area contributed by atoms with Crippen LogP contribution in [0.3, 0.4) is 0 Å². The molecule has 4 radical (unpaired) electrons. The molecular weight excluding hydrogens is 391 g/mol. The fourth-order valence-corrected chi connectivity index (χ4v) is 1.15. The van der Waals surface area contributed by atoms with E-state index < -0.39 is 5.97 Å². The summed E-state index contributed by atoms with van der Waals surface area (Å²) < 4.78 is 0. The fraction of sp³-hybridized carbons (Fsp3) is 0.0500. The standard InChI is InChI=1S/3C6H6.C2H4O2.Sn/c3*1-2-4-6-5-3-1;1-2(3)4;/h3*1-6H;1H3,(H,3,4);. The molecule has 3 heteroatoms. The van der Waals surface area contributed by atoms with Gasteiger partial charge in [0.15, 0.2) is 0 Å². The third-order valence-electron chi connectivity index (χ3n) is 2.00. The average Bonchev–Trinajstić information content (AvgIpc) is 2.60. The molecule has 118 valence electrons. The number of aliphatic carboxylic acids is 1. The Labute approximate surface area is 155 Å². The van der Waals surface area contributed by atoms with E-state index in [1.54, 1.807) is 0 Å². The van der Waals surface area contributed by atoms with Gasteiger partial charge in [0.2, 0.25) is 0 Å². The molecule has 0 saturated carbocycles. The Kier molecular flexibility index (Phi) is 20.1. The van der Waals surface area contributed by atoms with Gasteiger partial charge < -0.3 is 5.11 Å². The van der Waals surface area contributed by atoms with Crippen molar-refractivity contribution in [2.45, 2.75) is 6.92 Å². The summed E-state index contributed by atoms with van der Waals surface area (Å²) in [5.41, 5.74) is 0. The molecule has 0 aliphatic heterocycles. The molecule has 2 nitrogen and oxygen atoms in total. The maximum atomic E-state index is 9.00. The van der Waals surface area contributed by atoms with Crippen molar-refractivity contribution in [3.05, 3.63) is 109 Å². The summed E-state index contributed by atoms with van der Waals surface area (Å²) in [6.45, 7) is 1.08. The minimum Gasteiger partial charge on any atom is -0.481 e. The molecule has 0 bridgehead atoms. The molecule has 0 heterocycles. The van der Waals surface area contributed by atoms with Gasteiger partial charge in [0.25, 0.3) is 5.97 Å². The van der Waals surface area contributed by atoms with Gasteiger partial charge in [-0.2, -0.15) is 0 Å². The Hall–Kier alpha value is -2.07. The maximum Gasteiger partial charge on any atom is 0.300 e. The number of benzene rings is 3. The zero-order chi connectivity index (χ0) is 16.3. The normalized spacial score (nSPS) is 7.35. The predicted octanol–water partition coefficient (Wildman–Crippen LogP) is 4.77. The van der Waals surface area contributed by atoms with Crippen LogP contribution in [-0.4, -0.2) is 35.0 Å². The number of hydrogen-bond acceptors (Lipinski definition) is 1. The van der Waals surface area contributed by atoms with Gasteiger partial charge in [-0.05, 0) is 0 Å². The van der Waals surface area contributed by atoms with E-state index in [1.807, 2.05) is 109 Å². The summed E-state index contributed by atoms with van der Waals surface area (Å²) in [5, 5.41) is 7.42. The van der Waals surface area contributed by atoms with Crippen molar-refractivity contribution < 1.29 is 9.90 Å². The first-order valence-corrected chi connectivity index (χ1v) is 6.93. The topological polar surface area (TPSA) is 37.3 Å². The first kappa shape index (κ1) is 23.2. The molecule has 0 aliphatic carbocycles. The maximum absolute atomic E-state index is 9.00. The molecular formula is C20H22O2Sn. The van der Waals surface area contributed by atoms with Crippen molar-refractivity contribution in [2.75, 3.05) is 0 Å². The quantitative estimate of drug-likeness (QED) is 0.540. The Balaban J connectivity index is 0. The zero-order valence-corrected chi connectivity index (χ0v) is 16.1. The SMILES string of the molecule is CC(=O)O.[Sn].c1ccccc1.c1ccccc1.c1ccccc1. The average molecular weight is 413 g/mol. The van der Waals surface area contributed by atoms with Crippen LogP contribution in [0.1, 0.15) is 6.92 Å². The number of carboxylic acids is 1. The first-order chi connectivity index (χ1) is 10.7. The summed E-state index contributed by atoms with van der Waals surface area (Å²) in [6, 6.07) is 36.0.